The van der Waals surface area contributed by atoms with Gasteiger partial charge in [-0.3, -0.25) is 0 Å². The van der Waals surface area contributed by atoms with Crippen molar-refractivity contribution in [3.05, 3.63) is 41.2 Å². The highest BCUT2D eigenvalue weighted by atomic mass is 19.1. The van der Waals surface area contributed by atoms with E-state index < -0.39 is 11.6 Å². The molecule has 0 amide bonds. The van der Waals surface area contributed by atoms with Crippen molar-refractivity contribution in [3.63, 3.8) is 0 Å². The molecule has 2 aromatic rings. The zero-order chi connectivity index (χ0) is 16.8. The number of hydrogen-bond donors (Lipinski definition) is 1. The van der Waals surface area contributed by atoms with Gasteiger partial charge in [-0.05, 0) is 31.9 Å². The minimum absolute atomic E-state index is 0.00896. The van der Waals surface area contributed by atoms with Gasteiger partial charge in [0.05, 0.1) is 17.4 Å². The van der Waals surface area contributed by atoms with E-state index in [0.29, 0.717) is 5.95 Å². The van der Waals surface area contributed by atoms with Gasteiger partial charge in [0, 0.05) is 6.07 Å². The van der Waals surface area contributed by atoms with Crippen LogP contribution in [0.3, 0.4) is 0 Å². The summed E-state index contributed by atoms with van der Waals surface area (Å²) in [6, 6.07) is 3.04. The van der Waals surface area contributed by atoms with Crippen molar-refractivity contribution in [1.82, 2.24) is 15.2 Å². The molecule has 124 valence electrons. The van der Waals surface area contributed by atoms with Gasteiger partial charge in [-0.25, -0.2) is 13.8 Å². The number of ether oxygens (including phenoxy) is 1. The number of benzene rings is 1. The van der Waals surface area contributed by atoms with E-state index in [1.807, 2.05) is 20.8 Å². The Morgan fingerprint density at radius 2 is 1.87 bits per heavy atom. The molecule has 0 radical (unpaired) electrons. The van der Waals surface area contributed by atoms with Crippen LogP contribution in [-0.2, 0) is 12.8 Å². The molecule has 1 aromatic heterocycles. The first kappa shape index (κ1) is 17.1. The molecule has 0 spiro atoms. The standard InChI is InChI=1S/C16H20F2N4O/c1-4-13-14(5-2)21-22-16(20-13)19-10(3)9-23-15-7-6-11(17)8-12(15)18/h6-8,10H,4-5,9H2,1-3H3,(H,19,20,22). The fourth-order valence-electron chi connectivity index (χ4n) is 2.07. The maximum absolute atomic E-state index is 13.5. The van der Waals surface area contributed by atoms with Gasteiger partial charge < -0.3 is 10.1 Å². The Morgan fingerprint density at radius 3 is 2.52 bits per heavy atom. The summed E-state index contributed by atoms with van der Waals surface area (Å²) in [5.74, 6) is -0.941. The third kappa shape index (κ3) is 4.58. The average Bonchev–Trinajstić information content (AvgIpc) is 2.54. The van der Waals surface area contributed by atoms with Gasteiger partial charge in [-0.15, -0.1) is 5.10 Å². The fourth-order valence-corrected chi connectivity index (χ4v) is 2.07. The highest BCUT2D eigenvalue weighted by molar-refractivity contribution is 5.28. The van der Waals surface area contributed by atoms with E-state index in [4.69, 9.17) is 4.74 Å². The Morgan fingerprint density at radius 1 is 1.13 bits per heavy atom. The van der Waals surface area contributed by atoms with Crippen LogP contribution in [0.15, 0.2) is 18.2 Å². The predicted octanol–water partition coefficient (Wildman–Crippen LogP) is 3.15. The first-order valence-corrected chi connectivity index (χ1v) is 7.60. The quantitative estimate of drug-likeness (QED) is 0.848. The van der Waals surface area contributed by atoms with E-state index in [-0.39, 0.29) is 18.4 Å². The average molecular weight is 322 g/mol. The van der Waals surface area contributed by atoms with Crippen LogP contribution in [-0.4, -0.2) is 27.8 Å². The number of aryl methyl sites for hydroxylation is 2. The second-order valence-electron chi connectivity index (χ2n) is 5.17. The first-order chi connectivity index (χ1) is 11.0. The lowest BCUT2D eigenvalue weighted by molar-refractivity contribution is 0.288. The number of nitrogens with zero attached hydrogens (tertiary/aromatic N) is 3. The summed E-state index contributed by atoms with van der Waals surface area (Å²) in [5.41, 5.74) is 1.79. The zero-order valence-electron chi connectivity index (χ0n) is 13.4. The summed E-state index contributed by atoms with van der Waals surface area (Å²) in [6.07, 6.45) is 1.56. The van der Waals surface area contributed by atoms with Crippen molar-refractivity contribution in [2.75, 3.05) is 11.9 Å². The van der Waals surface area contributed by atoms with E-state index in [1.54, 1.807) is 0 Å². The summed E-state index contributed by atoms with van der Waals surface area (Å²) in [5, 5.41) is 11.2. The molecule has 0 bridgehead atoms. The summed E-state index contributed by atoms with van der Waals surface area (Å²) >= 11 is 0. The normalized spacial score (nSPS) is 12.0. The maximum Gasteiger partial charge on any atom is 0.243 e. The molecule has 1 N–H and O–H groups in total. The predicted molar refractivity (Wildman–Crippen MR) is 83.5 cm³/mol. The first-order valence-electron chi connectivity index (χ1n) is 7.60. The lowest BCUT2D eigenvalue weighted by Crippen LogP contribution is -2.25. The van der Waals surface area contributed by atoms with E-state index >= 15 is 0 Å². The van der Waals surface area contributed by atoms with Crippen LogP contribution in [0.5, 0.6) is 5.75 Å². The molecule has 1 aromatic carbocycles. The molecule has 0 aliphatic rings. The van der Waals surface area contributed by atoms with Gasteiger partial charge in [-0.2, -0.15) is 5.10 Å². The fraction of sp³-hybridized carbons (Fsp3) is 0.438. The van der Waals surface area contributed by atoms with Crippen molar-refractivity contribution in [2.24, 2.45) is 0 Å². The van der Waals surface area contributed by atoms with Crippen molar-refractivity contribution < 1.29 is 13.5 Å². The molecule has 1 unspecified atom stereocenters. The molecule has 0 saturated carbocycles. The molecular weight excluding hydrogens is 302 g/mol. The Hall–Kier alpha value is -2.31. The summed E-state index contributed by atoms with van der Waals surface area (Å²) in [6.45, 7) is 6.05. The topological polar surface area (TPSA) is 59.9 Å². The molecule has 0 fully saturated rings. The second kappa shape index (κ2) is 7.80. The van der Waals surface area contributed by atoms with Crippen LogP contribution in [0.25, 0.3) is 0 Å². The van der Waals surface area contributed by atoms with E-state index in [2.05, 4.69) is 20.5 Å². The molecule has 2 rings (SSSR count). The third-order valence-electron chi connectivity index (χ3n) is 3.27. The molecule has 0 aliphatic carbocycles. The van der Waals surface area contributed by atoms with Gasteiger partial charge in [-0.1, -0.05) is 13.8 Å². The number of nitrogens with one attached hydrogen (secondary N) is 1. The summed E-state index contributed by atoms with van der Waals surface area (Å²) in [7, 11) is 0. The lowest BCUT2D eigenvalue weighted by Gasteiger charge is -2.15. The van der Waals surface area contributed by atoms with Crippen LogP contribution >= 0.6 is 0 Å². The molecular formula is C16H20F2N4O. The van der Waals surface area contributed by atoms with E-state index in [0.717, 1.165) is 36.4 Å². The number of anilines is 1. The molecule has 0 aliphatic heterocycles. The molecule has 1 heterocycles. The molecule has 7 heteroatoms. The van der Waals surface area contributed by atoms with Gasteiger partial charge in [0.1, 0.15) is 12.4 Å². The number of rotatable bonds is 7. The highest BCUT2D eigenvalue weighted by Crippen LogP contribution is 2.18. The summed E-state index contributed by atoms with van der Waals surface area (Å²) < 4.78 is 31.7. The van der Waals surface area contributed by atoms with Crippen molar-refractivity contribution >= 4 is 5.95 Å². The Balaban J connectivity index is 1.95. The van der Waals surface area contributed by atoms with Crippen molar-refractivity contribution in [2.45, 2.75) is 39.7 Å². The second-order valence-corrected chi connectivity index (χ2v) is 5.17. The summed E-state index contributed by atoms with van der Waals surface area (Å²) in [4.78, 5) is 4.42. The number of hydrogen-bond acceptors (Lipinski definition) is 5. The number of aromatic nitrogens is 3. The van der Waals surface area contributed by atoms with Crippen LogP contribution in [0, 0.1) is 11.6 Å². The molecule has 5 nitrogen and oxygen atoms in total. The number of halogens is 2. The SMILES string of the molecule is CCc1nnc(NC(C)COc2ccc(F)cc2F)nc1CC. The van der Waals surface area contributed by atoms with Gasteiger partial charge in [0.25, 0.3) is 0 Å². The van der Waals surface area contributed by atoms with E-state index in [1.165, 1.54) is 6.07 Å². The highest BCUT2D eigenvalue weighted by Gasteiger charge is 2.11. The van der Waals surface area contributed by atoms with Crippen LogP contribution in [0.2, 0.25) is 0 Å². The minimum atomic E-state index is -0.726. The molecule has 23 heavy (non-hydrogen) atoms. The van der Waals surface area contributed by atoms with E-state index in [9.17, 15) is 8.78 Å². The van der Waals surface area contributed by atoms with Gasteiger partial charge in [0.15, 0.2) is 11.6 Å². The smallest absolute Gasteiger partial charge is 0.243 e. The Bertz CT molecular complexity index is 667. The third-order valence-corrected chi connectivity index (χ3v) is 3.27. The molecule has 1 atom stereocenters. The zero-order valence-corrected chi connectivity index (χ0v) is 13.4. The van der Waals surface area contributed by atoms with Crippen molar-refractivity contribution in [1.29, 1.82) is 0 Å². The Labute approximate surface area is 134 Å². The van der Waals surface area contributed by atoms with Gasteiger partial charge >= 0.3 is 0 Å². The van der Waals surface area contributed by atoms with Gasteiger partial charge in [0.2, 0.25) is 5.95 Å². The largest absolute Gasteiger partial charge is 0.488 e. The van der Waals surface area contributed by atoms with Crippen LogP contribution in [0.1, 0.15) is 32.2 Å². The lowest BCUT2D eigenvalue weighted by atomic mass is 10.2. The minimum Gasteiger partial charge on any atom is -0.488 e. The van der Waals surface area contributed by atoms with Crippen LogP contribution in [0.4, 0.5) is 14.7 Å². The maximum atomic E-state index is 13.5. The molecule has 0 saturated heterocycles. The van der Waals surface area contributed by atoms with Crippen LogP contribution < -0.4 is 10.1 Å². The van der Waals surface area contributed by atoms with Crippen molar-refractivity contribution in [3.8, 4) is 5.75 Å². The monoisotopic (exact) mass is 322 g/mol. The Kier molecular flexibility index (Phi) is 5.78.